The van der Waals surface area contributed by atoms with Crippen molar-refractivity contribution in [2.45, 2.75) is 26.7 Å². The highest BCUT2D eigenvalue weighted by Crippen LogP contribution is 2.19. The number of para-hydroxylation sites is 1. The number of carboxylic acids is 1. The van der Waals surface area contributed by atoms with E-state index in [9.17, 15) is 9.59 Å². The highest BCUT2D eigenvalue weighted by atomic mass is 16.4. The second kappa shape index (κ2) is 8.19. The first kappa shape index (κ1) is 16.0. The van der Waals surface area contributed by atoms with Gasteiger partial charge in [0.05, 0.1) is 13.0 Å². The molecule has 0 radical (unpaired) electrons. The van der Waals surface area contributed by atoms with Gasteiger partial charge in [-0.05, 0) is 25.0 Å². The molecule has 5 heteroatoms. The number of aryl methyl sites for hydroxylation is 1. The Bertz CT molecular complexity index is 460. The molecular weight excluding hydrogens is 256 g/mol. The highest BCUT2D eigenvalue weighted by molar-refractivity contribution is 5.82. The SMILES string of the molecule is CCCNC(=O)CN(CCC(=O)O)c1ccccc1C. The van der Waals surface area contributed by atoms with E-state index in [1.54, 1.807) is 0 Å². The van der Waals surface area contributed by atoms with Gasteiger partial charge in [0.2, 0.25) is 5.91 Å². The molecule has 2 N–H and O–H groups in total. The second-order valence-electron chi connectivity index (χ2n) is 4.70. The molecule has 1 rings (SSSR count). The number of benzene rings is 1. The summed E-state index contributed by atoms with van der Waals surface area (Å²) >= 11 is 0. The summed E-state index contributed by atoms with van der Waals surface area (Å²) in [6.07, 6.45) is 0.890. The van der Waals surface area contributed by atoms with Crippen LogP contribution in [0.25, 0.3) is 0 Å². The zero-order chi connectivity index (χ0) is 15.0. The van der Waals surface area contributed by atoms with Crippen LogP contribution >= 0.6 is 0 Å². The van der Waals surface area contributed by atoms with Crippen molar-refractivity contribution in [1.82, 2.24) is 5.32 Å². The zero-order valence-electron chi connectivity index (χ0n) is 12.1. The summed E-state index contributed by atoms with van der Waals surface area (Å²) in [7, 11) is 0. The van der Waals surface area contributed by atoms with Gasteiger partial charge in [-0.1, -0.05) is 25.1 Å². The van der Waals surface area contributed by atoms with E-state index in [4.69, 9.17) is 5.11 Å². The normalized spacial score (nSPS) is 10.1. The molecule has 0 fully saturated rings. The standard InChI is InChI=1S/C15H22N2O3/c1-3-9-16-14(18)11-17(10-8-15(19)20)13-7-5-4-6-12(13)2/h4-7H,3,8-11H2,1-2H3,(H,16,18)(H,19,20). The first-order valence-corrected chi connectivity index (χ1v) is 6.83. The number of hydrogen-bond donors (Lipinski definition) is 2. The van der Waals surface area contributed by atoms with E-state index in [2.05, 4.69) is 5.32 Å². The Kier molecular flexibility index (Phi) is 6.56. The van der Waals surface area contributed by atoms with Crippen molar-refractivity contribution in [2.24, 2.45) is 0 Å². The number of rotatable bonds is 8. The third-order valence-corrected chi connectivity index (χ3v) is 2.96. The number of amides is 1. The summed E-state index contributed by atoms with van der Waals surface area (Å²) in [5.74, 6) is -0.946. The average Bonchev–Trinajstić information content (AvgIpc) is 2.41. The van der Waals surface area contributed by atoms with Crippen molar-refractivity contribution < 1.29 is 14.7 Å². The number of hydrogen-bond acceptors (Lipinski definition) is 3. The summed E-state index contributed by atoms with van der Waals surface area (Å²) in [5.41, 5.74) is 1.93. The summed E-state index contributed by atoms with van der Waals surface area (Å²) in [4.78, 5) is 24.4. The Labute approximate surface area is 119 Å². The van der Waals surface area contributed by atoms with Gasteiger partial charge < -0.3 is 15.3 Å². The Morgan fingerprint density at radius 2 is 2.00 bits per heavy atom. The van der Waals surface area contributed by atoms with Crippen LogP contribution in [0.1, 0.15) is 25.3 Å². The molecule has 110 valence electrons. The minimum absolute atomic E-state index is 0.00932. The van der Waals surface area contributed by atoms with Gasteiger partial charge in [0.1, 0.15) is 0 Å². The molecule has 0 atom stereocenters. The van der Waals surface area contributed by atoms with Gasteiger partial charge >= 0.3 is 5.97 Å². The van der Waals surface area contributed by atoms with E-state index < -0.39 is 5.97 Å². The molecule has 1 aromatic carbocycles. The molecule has 20 heavy (non-hydrogen) atoms. The first-order chi connectivity index (χ1) is 9.54. The van der Waals surface area contributed by atoms with E-state index in [1.807, 2.05) is 43.0 Å². The summed E-state index contributed by atoms with van der Waals surface area (Å²) in [6.45, 7) is 5.08. The van der Waals surface area contributed by atoms with E-state index in [1.165, 1.54) is 0 Å². The number of carbonyl (C=O) groups is 2. The summed E-state index contributed by atoms with van der Waals surface area (Å²) in [6, 6.07) is 7.67. The minimum atomic E-state index is -0.863. The molecule has 0 aliphatic heterocycles. The molecular formula is C15H22N2O3. The summed E-state index contributed by atoms with van der Waals surface area (Å²) in [5, 5.41) is 11.6. The van der Waals surface area contributed by atoms with E-state index in [-0.39, 0.29) is 18.9 Å². The smallest absolute Gasteiger partial charge is 0.305 e. The molecule has 5 nitrogen and oxygen atoms in total. The summed E-state index contributed by atoms with van der Waals surface area (Å²) < 4.78 is 0. The van der Waals surface area contributed by atoms with Crippen LogP contribution in [0, 0.1) is 6.92 Å². The van der Waals surface area contributed by atoms with Gasteiger partial charge in [-0.25, -0.2) is 0 Å². The molecule has 1 amide bonds. The fourth-order valence-electron chi connectivity index (χ4n) is 1.93. The zero-order valence-corrected chi connectivity index (χ0v) is 12.1. The predicted octanol–water partition coefficient (Wildman–Crippen LogP) is 1.80. The Balaban J connectivity index is 2.77. The number of anilines is 1. The average molecular weight is 278 g/mol. The second-order valence-corrected chi connectivity index (χ2v) is 4.70. The first-order valence-electron chi connectivity index (χ1n) is 6.83. The molecule has 0 aromatic heterocycles. The third-order valence-electron chi connectivity index (χ3n) is 2.96. The monoisotopic (exact) mass is 278 g/mol. The Morgan fingerprint density at radius 1 is 1.30 bits per heavy atom. The van der Waals surface area contributed by atoms with Crippen molar-refractivity contribution in [1.29, 1.82) is 0 Å². The lowest BCUT2D eigenvalue weighted by atomic mass is 10.1. The van der Waals surface area contributed by atoms with E-state index >= 15 is 0 Å². The van der Waals surface area contributed by atoms with Gasteiger partial charge in [0.25, 0.3) is 0 Å². The van der Waals surface area contributed by atoms with Crippen molar-refractivity contribution in [3.05, 3.63) is 29.8 Å². The third kappa shape index (κ3) is 5.30. The fraction of sp³-hybridized carbons (Fsp3) is 0.467. The van der Waals surface area contributed by atoms with Crippen LogP contribution < -0.4 is 10.2 Å². The fourth-order valence-corrected chi connectivity index (χ4v) is 1.93. The number of nitrogens with zero attached hydrogens (tertiary/aromatic N) is 1. The van der Waals surface area contributed by atoms with Crippen LogP contribution in [0.4, 0.5) is 5.69 Å². The van der Waals surface area contributed by atoms with Crippen LogP contribution in [0.2, 0.25) is 0 Å². The van der Waals surface area contributed by atoms with E-state index in [0.717, 1.165) is 17.7 Å². The van der Waals surface area contributed by atoms with Gasteiger partial charge in [-0.15, -0.1) is 0 Å². The van der Waals surface area contributed by atoms with E-state index in [0.29, 0.717) is 13.1 Å². The van der Waals surface area contributed by atoms with Crippen LogP contribution in [-0.4, -0.2) is 36.6 Å². The van der Waals surface area contributed by atoms with Crippen LogP contribution in [0.3, 0.4) is 0 Å². The van der Waals surface area contributed by atoms with Crippen LogP contribution in [-0.2, 0) is 9.59 Å². The van der Waals surface area contributed by atoms with Crippen molar-refractivity contribution in [3.63, 3.8) is 0 Å². The lowest BCUT2D eigenvalue weighted by Crippen LogP contribution is -2.39. The Morgan fingerprint density at radius 3 is 2.60 bits per heavy atom. The molecule has 0 heterocycles. The van der Waals surface area contributed by atoms with Crippen LogP contribution in [0.5, 0.6) is 0 Å². The topological polar surface area (TPSA) is 69.6 Å². The number of nitrogens with one attached hydrogen (secondary N) is 1. The van der Waals surface area contributed by atoms with Gasteiger partial charge in [0, 0.05) is 18.8 Å². The molecule has 0 spiro atoms. The number of carboxylic acid groups (broad SMARTS) is 1. The Hall–Kier alpha value is -2.04. The quantitative estimate of drug-likeness (QED) is 0.761. The minimum Gasteiger partial charge on any atom is -0.481 e. The number of aliphatic carboxylic acids is 1. The van der Waals surface area contributed by atoms with Gasteiger partial charge in [-0.3, -0.25) is 9.59 Å². The largest absolute Gasteiger partial charge is 0.481 e. The lowest BCUT2D eigenvalue weighted by Gasteiger charge is -2.25. The molecule has 1 aromatic rings. The maximum atomic E-state index is 11.8. The van der Waals surface area contributed by atoms with Gasteiger partial charge in [-0.2, -0.15) is 0 Å². The number of carbonyl (C=O) groups excluding carboxylic acids is 1. The predicted molar refractivity (Wildman–Crippen MR) is 78.9 cm³/mol. The van der Waals surface area contributed by atoms with Crippen molar-refractivity contribution >= 4 is 17.6 Å². The lowest BCUT2D eigenvalue weighted by molar-refractivity contribution is -0.136. The van der Waals surface area contributed by atoms with Crippen molar-refractivity contribution in [3.8, 4) is 0 Å². The van der Waals surface area contributed by atoms with Crippen molar-refractivity contribution in [2.75, 3.05) is 24.5 Å². The molecule has 0 saturated heterocycles. The van der Waals surface area contributed by atoms with Crippen LogP contribution in [0.15, 0.2) is 24.3 Å². The molecule has 0 aliphatic rings. The molecule has 0 saturated carbocycles. The van der Waals surface area contributed by atoms with Gasteiger partial charge in [0.15, 0.2) is 0 Å². The molecule has 0 bridgehead atoms. The molecule has 0 aliphatic carbocycles. The maximum Gasteiger partial charge on any atom is 0.305 e. The molecule has 0 unspecified atom stereocenters. The highest BCUT2D eigenvalue weighted by Gasteiger charge is 2.14. The maximum absolute atomic E-state index is 11.8.